The lowest BCUT2D eigenvalue weighted by atomic mass is 10.1. The predicted octanol–water partition coefficient (Wildman–Crippen LogP) is 3.08. The molecular weight excluding hydrogens is 374 g/mol. The summed E-state index contributed by atoms with van der Waals surface area (Å²) < 4.78 is 16.7. The lowest BCUT2D eigenvalue weighted by Crippen LogP contribution is -2.33. The Bertz CT molecular complexity index is 691. The SMILES string of the molecule is COC(=O)C(N)Cc1cc(OCc2ccccc2)c(OC)cc1Br. The van der Waals surface area contributed by atoms with E-state index in [1.54, 1.807) is 13.2 Å². The molecule has 24 heavy (non-hydrogen) atoms. The fourth-order valence-electron chi connectivity index (χ4n) is 2.21. The van der Waals surface area contributed by atoms with Crippen LogP contribution >= 0.6 is 15.9 Å². The third-order valence-electron chi connectivity index (χ3n) is 3.51. The van der Waals surface area contributed by atoms with Crippen LogP contribution in [0.1, 0.15) is 11.1 Å². The van der Waals surface area contributed by atoms with Crippen LogP contribution in [0.25, 0.3) is 0 Å². The number of esters is 1. The van der Waals surface area contributed by atoms with Gasteiger partial charge in [0.25, 0.3) is 0 Å². The topological polar surface area (TPSA) is 70.8 Å². The van der Waals surface area contributed by atoms with Gasteiger partial charge in [-0.3, -0.25) is 4.79 Å². The van der Waals surface area contributed by atoms with Crippen LogP contribution in [-0.4, -0.2) is 26.2 Å². The van der Waals surface area contributed by atoms with E-state index in [9.17, 15) is 4.79 Å². The van der Waals surface area contributed by atoms with Crippen molar-refractivity contribution < 1.29 is 19.0 Å². The molecule has 0 amide bonds. The number of hydrogen-bond acceptors (Lipinski definition) is 5. The normalized spacial score (nSPS) is 11.7. The summed E-state index contributed by atoms with van der Waals surface area (Å²) in [5.41, 5.74) is 7.74. The Morgan fingerprint density at radius 3 is 2.50 bits per heavy atom. The molecule has 5 nitrogen and oxygen atoms in total. The lowest BCUT2D eigenvalue weighted by molar-refractivity contribution is -0.142. The van der Waals surface area contributed by atoms with E-state index < -0.39 is 12.0 Å². The molecule has 0 heterocycles. The zero-order chi connectivity index (χ0) is 17.5. The van der Waals surface area contributed by atoms with Gasteiger partial charge in [-0.15, -0.1) is 0 Å². The van der Waals surface area contributed by atoms with Crippen molar-refractivity contribution in [2.24, 2.45) is 5.73 Å². The molecule has 0 spiro atoms. The molecule has 2 aromatic carbocycles. The Morgan fingerprint density at radius 2 is 1.88 bits per heavy atom. The number of nitrogens with two attached hydrogens (primary N) is 1. The number of carbonyl (C=O) groups excluding carboxylic acids is 1. The van der Waals surface area contributed by atoms with Crippen molar-refractivity contribution in [3.05, 3.63) is 58.1 Å². The van der Waals surface area contributed by atoms with Gasteiger partial charge in [0.2, 0.25) is 0 Å². The first-order chi connectivity index (χ1) is 11.5. The molecule has 0 aliphatic rings. The highest BCUT2D eigenvalue weighted by Crippen LogP contribution is 2.34. The first-order valence-electron chi connectivity index (χ1n) is 7.41. The molecule has 0 radical (unpaired) electrons. The second-order valence-corrected chi connectivity index (χ2v) is 6.06. The molecule has 0 bridgehead atoms. The van der Waals surface area contributed by atoms with Gasteiger partial charge in [-0.25, -0.2) is 0 Å². The number of carbonyl (C=O) groups is 1. The molecule has 2 aromatic rings. The average Bonchev–Trinajstić information content (AvgIpc) is 2.61. The highest BCUT2D eigenvalue weighted by atomic mass is 79.9. The summed E-state index contributed by atoms with van der Waals surface area (Å²) in [6, 6.07) is 12.7. The molecule has 1 unspecified atom stereocenters. The number of ether oxygens (including phenoxy) is 3. The standard InChI is InChI=1S/C18H20BrNO4/c1-22-16-10-14(19)13(8-15(20)18(21)23-2)9-17(16)24-11-12-6-4-3-5-7-12/h3-7,9-10,15H,8,11,20H2,1-2H3. The van der Waals surface area contributed by atoms with Crippen LogP contribution in [0.2, 0.25) is 0 Å². The molecule has 0 aromatic heterocycles. The number of rotatable bonds is 7. The Labute approximate surface area is 149 Å². The monoisotopic (exact) mass is 393 g/mol. The van der Waals surface area contributed by atoms with Crippen molar-refractivity contribution in [2.75, 3.05) is 14.2 Å². The summed E-state index contributed by atoms with van der Waals surface area (Å²) in [5, 5.41) is 0. The van der Waals surface area contributed by atoms with Crippen molar-refractivity contribution in [3.63, 3.8) is 0 Å². The third-order valence-corrected chi connectivity index (χ3v) is 4.25. The summed E-state index contributed by atoms with van der Waals surface area (Å²) in [4.78, 5) is 11.5. The van der Waals surface area contributed by atoms with Crippen LogP contribution in [0, 0.1) is 0 Å². The molecule has 0 aliphatic heterocycles. The van der Waals surface area contributed by atoms with Gasteiger partial charge in [-0.2, -0.15) is 0 Å². The zero-order valence-electron chi connectivity index (χ0n) is 13.6. The van der Waals surface area contributed by atoms with Crippen molar-refractivity contribution >= 4 is 21.9 Å². The number of halogens is 1. The van der Waals surface area contributed by atoms with Crippen LogP contribution < -0.4 is 15.2 Å². The van der Waals surface area contributed by atoms with Crippen molar-refractivity contribution in [2.45, 2.75) is 19.1 Å². The maximum Gasteiger partial charge on any atom is 0.322 e. The van der Waals surface area contributed by atoms with Crippen molar-refractivity contribution in [3.8, 4) is 11.5 Å². The summed E-state index contributed by atoms with van der Waals surface area (Å²) in [7, 11) is 2.90. The quantitative estimate of drug-likeness (QED) is 0.731. The summed E-state index contributed by atoms with van der Waals surface area (Å²) in [6.45, 7) is 0.418. The van der Waals surface area contributed by atoms with E-state index in [1.807, 2.05) is 36.4 Å². The van der Waals surface area contributed by atoms with E-state index in [4.69, 9.17) is 15.2 Å². The highest BCUT2D eigenvalue weighted by molar-refractivity contribution is 9.10. The Balaban J connectivity index is 2.19. The van der Waals surface area contributed by atoms with E-state index >= 15 is 0 Å². The van der Waals surface area contributed by atoms with Gasteiger partial charge in [0.15, 0.2) is 11.5 Å². The summed E-state index contributed by atoms with van der Waals surface area (Å²) in [5.74, 6) is 0.745. The zero-order valence-corrected chi connectivity index (χ0v) is 15.2. The molecule has 2 N–H and O–H groups in total. The molecular formula is C18H20BrNO4. The average molecular weight is 394 g/mol. The molecule has 0 saturated heterocycles. The minimum absolute atomic E-state index is 0.332. The van der Waals surface area contributed by atoms with Crippen LogP contribution in [0.3, 0.4) is 0 Å². The fourth-order valence-corrected chi connectivity index (χ4v) is 2.70. The van der Waals surface area contributed by atoms with E-state index in [1.165, 1.54) is 7.11 Å². The second kappa shape index (κ2) is 8.70. The first kappa shape index (κ1) is 18.3. The van der Waals surface area contributed by atoms with Gasteiger partial charge in [-0.05, 0) is 29.7 Å². The smallest absolute Gasteiger partial charge is 0.322 e. The van der Waals surface area contributed by atoms with Gasteiger partial charge in [0.05, 0.1) is 14.2 Å². The van der Waals surface area contributed by atoms with Gasteiger partial charge < -0.3 is 19.9 Å². The molecule has 0 fully saturated rings. The van der Waals surface area contributed by atoms with Gasteiger partial charge in [0.1, 0.15) is 12.6 Å². The van der Waals surface area contributed by atoms with Crippen molar-refractivity contribution in [1.82, 2.24) is 0 Å². The van der Waals surface area contributed by atoms with E-state index in [2.05, 4.69) is 20.7 Å². The summed E-state index contributed by atoms with van der Waals surface area (Å²) >= 11 is 3.47. The maximum absolute atomic E-state index is 11.5. The number of methoxy groups -OCH3 is 2. The van der Waals surface area contributed by atoms with Gasteiger partial charge in [0, 0.05) is 4.47 Å². The lowest BCUT2D eigenvalue weighted by Gasteiger charge is -2.16. The third kappa shape index (κ3) is 4.72. The van der Waals surface area contributed by atoms with E-state index in [-0.39, 0.29) is 0 Å². The van der Waals surface area contributed by atoms with E-state index in [0.717, 1.165) is 15.6 Å². The van der Waals surface area contributed by atoms with E-state index in [0.29, 0.717) is 24.5 Å². The van der Waals surface area contributed by atoms with Crippen LogP contribution in [-0.2, 0) is 22.6 Å². The van der Waals surface area contributed by atoms with Crippen molar-refractivity contribution in [1.29, 1.82) is 0 Å². The summed E-state index contributed by atoms with van der Waals surface area (Å²) in [6.07, 6.45) is 0.332. The fraction of sp³-hybridized carbons (Fsp3) is 0.278. The minimum atomic E-state index is -0.735. The van der Waals surface area contributed by atoms with Crippen LogP contribution in [0.4, 0.5) is 0 Å². The Kier molecular flexibility index (Phi) is 6.63. The predicted molar refractivity (Wildman–Crippen MR) is 95.2 cm³/mol. The van der Waals surface area contributed by atoms with Gasteiger partial charge in [-0.1, -0.05) is 46.3 Å². The molecule has 128 valence electrons. The largest absolute Gasteiger partial charge is 0.493 e. The van der Waals surface area contributed by atoms with Crippen LogP contribution in [0.15, 0.2) is 46.9 Å². The highest BCUT2D eigenvalue weighted by Gasteiger charge is 2.18. The Morgan fingerprint density at radius 1 is 1.17 bits per heavy atom. The first-order valence-corrected chi connectivity index (χ1v) is 8.21. The number of benzene rings is 2. The Hall–Kier alpha value is -2.05. The second-order valence-electron chi connectivity index (χ2n) is 5.20. The molecule has 0 saturated carbocycles. The molecule has 2 rings (SSSR count). The molecule has 1 atom stereocenters. The molecule has 6 heteroatoms. The van der Waals surface area contributed by atoms with Gasteiger partial charge >= 0.3 is 5.97 Å². The maximum atomic E-state index is 11.5. The minimum Gasteiger partial charge on any atom is -0.493 e. The van der Waals surface area contributed by atoms with Crippen LogP contribution in [0.5, 0.6) is 11.5 Å². The molecule has 0 aliphatic carbocycles. The number of hydrogen-bond donors (Lipinski definition) is 1.